The first-order valence-corrected chi connectivity index (χ1v) is 10.9. The molecule has 3 heterocycles. The zero-order valence-corrected chi connectivity index (χ0v) is 17.3. The number of nitrogens with one attached hydrogen (secondary N) is 2. The first-order chi connectivity index (χ1) is 14.3. The summed E-state index contributed by atoms with van der Waals surface area (Å²) in [6, 6.07) is 10.8. The summed E-state index contributed by atoms with van der Waals surface area (Å²) in [7, 11) is 0. The minimum absolute atomic E-state index is 0.208. The van der Waals surface area contributed by atoms with E-state index < -0.39 is 0 Å². The maximum Gasteiger partial charge on any atom is 0.191 e. The Morgan fingerprint density at radius 2 is 2.10 bits per heavy atom. The molecular formula is C23H32N4O2. The molecule has 1 unspecified atom stereocenters. The lowest BCUT2D eigenvalue weighted by atomic mass is 10.1. The highest BCUT2D eigenvalue weighted by Gasteiger charge is 2.25. The van der Waals surface area contributed by atoms with Crippen molar-refractivity contribution in [1.82, 2.24) is 15.5 Å². The van der Waals surface area contributed by atoms with E-state index in [1.807, 2.05) is 6.07 Å². The molecular weight excluding hydrogens is 364 g/mol. The number of hydrogen-bond acceptors (Lipinski definition) is 4. The predicted octanol–water partition coefficient (Wildman–Crippen LogP) is 3.15. The quantitative estimate of drug-likeness (QED) is 0.530. The number of furan rings is 1. The lowest BCUT2D eigenvalue weighted by molar-refractivity contribution is 0.221. The van der Waals surface area contributed by atoms with Crippen LogP contribution < -0.4 is 15.4 Å². The Labute approximate surface area is 173 Å². The molecule has 1 aromatic heterocycles. The lowest BCUT2D eigenvalue weighted by Gasteiger charge is -2.24. The van der Waals surface area contributed by atoms with E-state index in [1.165, 1.54) is 24.0 Å². The largest absolute Gasteiger partial charge is 0.493 e. The summed E-state index contributed by atoms with van der Waals surface area (Å²) in [5, 5.41) is 6.86. The molecule has 4 rings (SSSR count). The molecule has 2 aromatic rings. The molecule has 156 valence electrons. The van der Waals surface area contributed by atoms with E-state index in [4.69, 9.17) is 14.1 Å². The molecule has 2 N–H and O–H groups in total. The Hall–Kier alpha value is -2.47. The third kappa shape index (κ3) is 5.12. The van der Waals surface area contributed by atoms with Gasteiger partial charge >= 0.3 is 0 Å². The van der Waals surface area contributed by atoms with Crippen molar-refractivity contribution in [2.45, 2.75) is 38.6 Å². The summed E-state index contributed by atoms with van der Waals surface area (Å²) in [6.45, 7) is 7.53. The first-order valence-electron chi connectivity index (χ1n) is 10.9. The van der Waals surface area contributed by atoms with Crippen LogP contribution in [0.15, 0.2) is 46.0 Å². The van der Waals surface area contributed by atoms with E-state index in [2.05, 4.69) is 46.7 Å². The summed E-state index contributed by atoms with van der Waals surface area (Å²) in [6.07, 6.45) is 6.25. The molecule has 6 nitrogen and oxygen atoms in total. The Kier molecular flexibility index (Phi) is 6.72. The molecule has 0 amide bonds. The maximum atomic E-state index is 5.71. The van der Waals surface area contributed by atoms with Crippen LogP contribution in [0.25, 0.3) is 0 Å². The van der Waals surface area contributed by atoms with Crippen LogP contribution in [0.4, 0.5) is 0 Å². The molecule has 1 fully saturated rings. The molecule has 1 atom stereocenters. The Bertz CT molecular complexity index is 797. The number of nitrogens with zero attached hydrogens (tertiary/aromatic N) is 2. The van der Waals surface area contributed by atoms with E-state index in [-0.39, 0.29) is 6.04 Å². The average Bonchev–Trinajstić information content (AvgIpc) is 3.50. The van der Waals surface area contributed by atoms with Gasteiger partial charge in [-0.25, -0.2) is 0 Å². The van der Waals surface area contributed by atoms with Gasteiger partial charge in [-0.05, 0) is 68.6 Å². The van der Waals surface area contributed by atoms with Crippen LogP contribution in [0.1, 0.15) is 42.7 Å². The Morgan fingerprint density at radius 3 is 2.90 bits per heavy atom. The second kappa shape index (κ2) is 9.83. The van der Waals surface area contributed by atoms with Gasteiger partial charge in [0, 0.05) is 19.5 Å². The Morgan fingerprint density at radius 1 is 1.21 bits per heavy atom. The van der Waals surface area contributed by atoms with Gasteiger partial charge in [0.05, 0.1) is 25.5 Å². The van der Waals surface area contributed by atoms with Crippen LogP contribution >= 0.6 is 0 Å². The summed E-state index contributed by atoms with van der Waals surface area (Å²) in [4.78, 5) is 7.36. The fraction of sp³-hybridized carbons (Fsp3) is 0.522. The highest BCUT2D eigenvalue weighted by Crippen LogP contribution is 2.26. The normalized spacial score (nSPS) is 17.8. The second-order valence-corrected chi connectivity index (χ2v) is 7.71. The van der Waals surface area contributed by atoms with Crippen molar-refractivity contribution < 1.29 is 9.15 Å². The number of hydrogen-bond donors (Lipinski definition) is 2. The van der Waals surface area contributed by atoms with Gasteiger partial charge in [-0.2, -0.15) is 0 Å². The predicted molar refractivity (Wildman–Crippen MR) is 116 cm³/mol. The SMILES string of the molecule is CCNC(=NCC(c1ccco1)N1CCCC1)NCCc1ccc2c(c1)CCO2. The van der Waals surface area contributed by atoms with Crippen molar-refractivity contribution in [3.8, 4) is 5.75 Å². The number of benzene rings is 1. The third-order valence-electron chi connectivity index (χ3n) is 5.68. The van der Waals surface area contributed by atoms with Crippen molar-refractivity contribution >= 4 is 5.96 Å². The van der Waals surface area contributed by atoms with Gasteiger partial charge in [-0.3, -0.25) is 9.89 Å². The van der Waals surface area contributed by atoms with Gasteiger partial charge in [-0.15, -0.1) is 0 Å². The molecule has 0 radical (unpaired) electrons. The van der Waals surface area contributed by atoms with Gasteiger partial charge in [0.2, 0.25) is 0 Å². The molecule has 0 spiro atoms. The highest BCUT2D eigenvalue weighted by atomic mass is 16.5. The molecule has 2 aliphatic rings. The fourth-order valence-corrected chi connectivity index (χ4v) is 4.16. The number of likely N-dealkylation sites (tertiary alicyclic amines) is 1. The van der Waals surface area contributed by atoms with Crippen LogP contribution in [-0.2, 0) is 12.8 Å². The molecule has 0 saturated carbocycles. The molecule has 0 bridgehead atoms. The van der Waals surface area contributed by atoms with Crippen LogP contribution in [0.2, 0.25) is 0 Å². The van der Waals surface area contributed by atoms with Crippen LogP contribution in [-0.4, -0.2) is 50.2 Å². The van der Waals surface area contributed by atoms with E-state index in [0.29, 0.717) is 6.54 Å². The number of rotatable bonds is 8. The van der Waals surface area contributed by atoms with E-state index in [0.717, 1.165) is 63.1 Å². The summed E-state index contributed by atoms with van der Waals surface area (Å²) < 4.78 is 11.3. The number of aliphatic imine (C=N–C) groups is 1. The minimum atomic E-state index is 0.208. The van der Waals surface area contributed by atoms with Gasteiger partial charge in [-0.1, -0.05) is 12.1 Å². The number of ether oxygens (including phenoxy) is 1. The monoisotopic (exact) mass is 396 g/mol. The van der Waals surface area contributed by atoms with Gasteiger partial charge in [0.1, 0.15) is 11.5 Å². The van der Waals surface area contributed by atoms with Gasteiger partial charge in [0.25, 0.3) is 0 Å². The zero-order valence-electron chi connectivity index (χ0n) is 17.3. The summed E-state index contributed by atoms with van der Waals surface area (Å²) >= 11 is 0. The molecule has 2 aliphatic heterocycles. The first kappa shape index (κ1) is 19.8. The third-order valence-corrected chi connectivity index (χ3v) is 5.68. The van der Waals surface area contributed by atoms with Crippen molar-refractivity contribution in [1.29, 1.82) is 0 Å². The van der Waals surface area contributed by atoms with Crippen molar-refractivity contribution in [2.75, 3.05) is 39.3 Å². The van der Waals surface area contributed by atoms with Crippen LogP contribution in [0.3, 0.4) is 0 Å². The summed E-state index contributed by atoms with van der Waals surface area (Å²) in [5.41, 5.74) is 2.66. The average molecular weight is 397 g/mol. The lowest BCUT2D eigenvalue weighted by Crippen LogP contribution is -2.39. The van der Waals surface area contributed by atoms with Gasteiger partial charge < -0.3 is 19.8 Å². The van der Waals surface area contributed by atoms with E-state index in [9.17, 15) is 0 Å². The maximum absolute atomic E-state index is 5.71. The van der Waals surface area contributed by atoms with Crippen LogP contribution in [0.5, 0.6) is 5.75 Å². The van der Waals surface area contributed by atoms with Gasteiger partial charge in [0.15, 0.2) is 5.96 Å². The number of fused-ring (bicyclic) bond motifs is 1. The highest BCUT2D eigenvalue weighted by molar-refractivity contribution is 5.79. The van der Waals surface area contributed by atoms with Crippen LogP contribution in [0, 0.1) is 0 Å². The van der Waals surface area contributed by atoms with Crippen molar-refractivity contribution in [3.05, 3.63) is 53.5 Å². The fourth-order valence-electron chi connectivity index (χ4n) is 4.16. The van der Waals surface area contributed by atoms with E-state index >= 15 is 0 Å². The minimum Gasteiger partial charge on any atom is -0.493 e. The second-order valence-electron chi connectivity index (χ2n) is 7.71. The number of guanidine groups is 1. The molecule has 1 aromatic carbocycles. The summed E-state index contributed by atoms with van der Waals surface area (Å²) in [5.74, 6) is 2.92. The van der Waals surface area contributed by atoms with Crippen molar-refractivity contribution in [3.63, 3.8) is 0 Å². The molecule has 1 saturated heterocycles. The smallest absolute Gasteiger partial charge is 0.191 e. The molecule has 0 aliphatic carbocycles. The van der Waals surface area contributed by atoms with E-state index in [1.54, 1.807) is 6.26 Å². The standard InChI is InChI=1S/C23H32N4O2/c1-2-24-23(25-11-9-18-7-8-21-19(16-18)10-15-29-21)26-17-20(22-6-5-14-28-22)27-12-3-4-13-27/h5-8,14,16,20H,2-4,9-13,15,17H2,1H3,(H2,24,25,26). The molecule has 29 heavy (non-hydrogen) atoms. The topological polar surface area (TPSA) is 62.0 Å². The zero-order chi connectivity index (χ0) is 19.9. The van der Waals surface area contributed by atoms with Crippen molar-refractivity contribution in [2.24, 2.45) is 4.99 Å². The molecule has 6 heteroatoms. The Balaban J connectivity index is 1.35.